The number of aromatic nitrogens is 1. The van der Waals surface area contributed by atoms with Crippen molar-refractivity contribution in [3.05, 3.63) is 52.3 Å². The maximum Gasteiger partial charge on any atom is 0.306 e. The van der Waals surface area contributed by atoms with Crippen LogP contribution in [0.25, 0.3) is 11.1 Å². The molecule has 1 saturated heterocycles. The van der Waals surface area contributed by atoms with E-state index in [1.165, 1.54) is 5.56 Å². The highest BCUT2D eigenvalue weighted by molar-refractivity contribution is 5.86. The monoisotopic (exact) mass is 509 g/mol. The number of aryl methyl sites for hydroxylation is 2. The summed E-state index contributed by atoms with van der Waals surface area (Å²) in [4.78, 5) is 31.1. The van der Waals surface area contributed by atoms with E-state index in [9.17, 15) is 14.7 Å². The fourth-order valence-corrected chi connectivity index (χ4v) is 4.54. The zero-order valence-corrected chi connectivity index (χ0v) is 22.1. The fraction of sp³-hybridized carbons (Fsp3) is 0.500. The third-order valence-electron chi connectivity index (χ3n) is 6.36. The van der Waals surface area contributed by atoms with Crippen molar-refractivity contribution in [1.29, 1.82) is 0 Å². The Morgan fingerprint density at radius 2 is 1.68 bits per heavy atom. The minimum absolute atomic E-state index is 0. The number of amides is 1. The summed E-state index contributed by atoms with van der Waals surface area (Å²) in [7, 11) is 0. The lowest BCUT2D eigenvalue weighted by molar-refractivity contribution is -0.145. The second-order valence-electron chi connectivity index (χ2n) is 9.31. The van der Waals surface area contributed by atoms with E-state index in [4.69, 9.17) is 10.7 Å². The van der Waals surface area contributed by atoms with Gasteiger partial charge < -0.3 is 15.7 Å². The van der Waals surface area contributed by atoms with E-state index in [0.717, 1.165) is 40.1 Å². The molecule has 3 rings (SSSR count). The fourth-order valence-electron chi connectivity index (χ4n) is 4.54. The molecule has 0 bridgehead atoms. The van der Waals surface area contributed by atoms with Gasteiger partial charge in [0.05, 0.1) is 12.3 Å². The number of benzene rings is 1. The summed E-state index contributed by atoms with van der Waals surface area (Å²) in [5, 5.41) is 9.24. The van der Waals surface area contributed by atoms with Gasteiger partial charge in [-0.1, -0.05) is 43.7 Å². The average molecular weight is 511 g/mol. The van der Waals surface area contributed by atoms with E-state index < -0.39 is 5.97 Å². The van der Waals surface area contributed by atoms with Gasteiger partial charge in [0.25, 0.3) is 0 Å². The van der Waals surface area contributed by atoms with E-state index in [1.54, 1.807) is 4.90 Å². The van der Waals surface area contributed by atoms with Crippen LogP contribution in [0, 0.1) is 25.7 Å². The molecule has 6 nitrogen and oxygen atoms in total. The number of pyridine rings is 1. The summed E-state index contributed by atoms with van der Waals surface area (Å²) in [6, 6.07) is 8.34. The lowest BCUT2D eigenvalue weighted by atomic mass is 9.88. The van der Waals surface area contributed by atoms with Crippen LogP contribution in [-0.2, 0) is 29.0 Å². The van der Waals surface area contributed by atoms with Crippen molar-refractivity contribution in [2.24, 2.45) is 17.6 Å². The van der Waals surface area contributed by atoms with Crippen molar-refractivity contribution in [1.82, 2.24) is 9.88 Å². The Morgan fingerprint density at radius 3 is 2.18 bits per heavy atom. The zero-order valence-electron chi connectivity index (χ0n) is 20.5. The summed E-state index contributed by atoms with van der Waals surface area (Å²) >= 11 is 0. The van der Waals surface area contributed by atoms with E-state index in [0.29, 0.717) is 38.4 Å². The predicted octanol–water partition coefficient (Wildman–Crippen LogP) is 4.73. The lowest BCUT2D eigenvalue weighted by Gasteiger charge is -2.31. The molecule has 1 aromatic heterocycles. The van der Waals surface area contributed by atoms with E-state index in [2.05, 4.69) is 45.0 Å². The molecule has 0 atom stereocenters. The molecule has 0 saturated carbocycles. The Hall–Kier alpha value is -2.15. The molecule has 3 N–H and O–H groups in total. The number of nitrogens with two attached hydrogens (primary N) is 1. The normalized spacial score (nSPS) is 13.9. The van der Waals surface area contributed by atoms with Crippen LogP contribution in [0.1, 0.15) is 54.8 Å². The number of carbonyl (C=O) groups excluding carboxylic acids is 1. The van der Waals surface area contributed by atoms with Gasteiger partial charge in [-0.2, -0.15) is 0 Å². The molecule has 2 heterocycles. The van der Waals surface area contributed by atoms with Gasteiger partial charge in [-0.3, -0.25) is 14.6 Å². The zero-order chi connectivity index (χ0) is 23.4. The van der Waals surface area contributed by atoms with Crippen molar-refractivity contribution in [2.45, 2.75) is 59.9 Å². The van der Waals surface area contributed by atoms with Gasteiger partial charge in [0, 0.05) is 31.0 Å². The van der Waals surface area contributed by atoms with E-state index in [-0.39, 0.29) is 43.1 Å². The standard InChI is InChI=1S/C26H35N3O3.2ClH/c1-16(2)13-23-22(15-27)25(19-7-5-17(3)6-8-19)21(18(4)28-23)14-24(30)29-11-9-20(10-12-29)26(31)32;;/h5-8,16,20H,9-15,27H2,1-4H3,(H,31,32);2*1H. The van der Waals surface area contributed by atoms with Crippen molar-refractivity contribution in [2.75, 3.05) is 13.1 Å². The van der Waals surface area contributed by atoms with Crippen LogP contribution in [0.4, 0.5) is 0 Å². The first-order valence-electron chi connectivity index (χ1n) is 11.5. The summed E-state index contributed by atoms with van der Waals surface area (Å²) in [6.45, 7) is 9.70. The number of carbonyl (C=O) groups is 2. The van der Waals surface area contributed by atoms with Crippen LogP contribution in [-0.4, -0.2) is 40.0 Å². The molecule has 0 spiro atoms. The molecular weight excluding hydrogens is 473 g/mol. The van der Waals surface area contributed by atoms with Crippen LogP contribution in [0.3, 0.4) is 0 Å². The molecule has 1 aromatic carbocycles. The molecule has 0 unspecified atom stereocenters. The third kappa shape index (κ3) is 6.94. The van der Waals surface area contributed by atoms with Crippen LogP contribution in [0.2, 0.25) is 0 Å². The van der Waals surface area contributed by atoms with Crippen LogP contribution < -0.4 is 5.73 Å². The van der Waals surface area contributed by atoms with Crippen molar-refractivity contribution >= 4 is 36.7 Å². The summed E-state index contributed by atoms with van der Waals surface area (Å²) in [5.74, 6) is -0.662. The molecule has 8 heteroatoms. The minimum Gasteiger partial charge on any atom is -0.481 e. The second kappa shape index (κ2) is 13.1. The number of aliphatic carboxylic acids is 1. The van der Waals surface area contributed by atoms with Crippen LogP contribution >= 0.6 is 24.8 Å². The van der Waals surface area contributed by atoms with Gasteiger partial charge in [-0.25, -0.2) is 0 Å². The van der Waals surface area contributed by atoms with Crippen molar-refractivity contribution < 1.29 is 14.7 Å². The molecule has 1 amide bonds. The van der Waals surface area contributed by atoms with Gasteiger partial charge in [0.15, 0.2) is 0 Å². The lowest BCUT2D eigenvalue weighted by Crippen LogP contribution is -2.41. The highest BCUT2D eigenvalue weighted by Crippen LogP contribution is 2.33. The topological polar surface area (TPSA) is 96.5 Å². The van der Waals surface area contributed by atoms with Crippen LogP contribution in [0.5, 0.6) is 0 Å². The first-order chi connectivity index (χ1) is 15.2. The minimum atomic E-state index is -0.771. The highest BCUT2D eigenvalue weighted by Gasteiger charge is 2.28. The molecule has 1 aliphatic heterocycles. The van der Waals surface area contributed by atoms with Gasteiger partial charge in [0.1, 0.15) is 0 Å². The summed E-state index contributed by atoms with van der Waals surface area (Å²) in [6.07, 6.45) is 2.09. The number of carboxylic acid groups (broad SMARTS) is 1. The Bertz CT molecular complexity index is 986. The molecule has 2 aromatic rings. The molecule has 1 fully saturated rings. The maximum atomic E-state index is 13.2. The number of carboxylic acids is 1. The number of nitrogens with zero attached hydrogens (tertiary/aromatic N) is 2. The van der Waals surface area contributed by atoms with Crippen LogP contribution in [0.15, 0.2) is 24.3 Å². The third-order valence-corrected chi connectivity index (χ3v) is 6.36. The Kier molecular flexibility index (Phi) is 11.5. The quantitative estimate of drug-likeness (QED) is 0.562. The summed E-state index contributed by atoms with van der Waals surface area (Å²) < 4.78 is 0. The van der Waals surface area contributed by atoms with Crippen molar-refractivity contribution in [3.8, 4) is 11.1 Å². The van der Waals surface area contributed by atoms with Gasteiger partial charge >= 0.3 is 5.97 Å². The van der Waals surface area contributed by atoms with E-state index in [1.807, 2.05) is 6.92 Å². The maximum absolute atomic E-state index is 13.2. The number of hydrogen-bond acceptors (Lipinski definition) is 4. The summed E-state index contributed by atoms with van der Waals surface area (Å²) in [5.41, 5.74) is 13.3. The first-order valence-corrected chi connectivity index (χ1v) is 11.5. The highest BCUT2D eigenvalue weighted by atomic mass is 35.5. The molecule has 1 aliphatic rings. The Balaban J connectivity index is 0.00000289. The molecular formula is C26H37Cl2N3O3. The number of hydrogen-bond donors (Lipinski definition) is 2. The molecule has 34 heavy (non-hydrogen) atoms. The smallest absolute Gasteiger partial charge is 0.306 e. The average Bonchev–Trinajstić information content (AvgIpc) is 2.75. The molecule has 0 aliphatic carbocycles. The van der Waals surface area contributed by atoms with Gasteiger partial charge in [0.2, 0.25) is 5.91 Å². The SMILES string of the molecule is Cc1ccc(-c2c(CC(=O)N3CCC(C(=O)O)CC3)c(C)nc(CC(C)C)c2CN)cc1.Cl.Cl. The second-order valence-corrected chi connectivity index (χ2v) is 9.31. The molecule has 0 radical (unpaired) electrons. The largest absolute Gasteiger partial charge is 0.481 e. The van der Waals surface area contributed by atoms with E-state index >= 15 is 0 Å². The van der Waals surface area contributed by atoms with Crippen molar-refractivity contribution in [3.63, 3.8) is 0 Å². The van der Waals surface area contributed by atoms with Gasteiger partial charge in [-0.15, -0.1) is 24.8 Å². The number of halogens is 2. The molecule has 188 valence electrons. The number of piperidine rings is 1. The van der Waals surface area contributed by atoms with Gasteiger partial charge in [-0.05, 0) is 61.3 Å². The first kappa shape index (κ1) is 29.9. The Morgan fingerprint density at radius 1 is 1.09 bits per heavy atom. The number of likely N-dealkylation sites (tertiary alicyclic amines) is 1. The predicted molar refractivity (Wildman–Crippen MR) is 141 cm³/mol. The number of rotatable bonds is 7. The Labute approximate surface area is 215 Å².